The number of hydrogen-bond donors (Lipinski definition) is 2. The standard InChI is InChI=1S/C24H24N2O3S.CH2O2/c1-16-13-18(27)14-20(25-16)23(28)26-10-8-24(9-11-26)19-15-22(17-5-3-2-4-6-17)30-21(19)7-12-29-24;2-1-3/h2-6,13-15H,7-12H2,1H3,(H,25,27);1H,(H,2,3). The minimum atomic E-state index is -0.312. The van der Waals surface area contributed by atoms with Gasteiger partial charge >= 0.3 is 0 Å². The first-order valence-corrected chi connectivity index (χ1v) is 11.7. The number of nitrogens with zero attached hydrogens (tertiary/aromatic N) is 1. The number of carbonyl (C=O) groups is 2. The largest absolute Gasteiger partial charge is 0.483 e. The number of pyridine rings is 1. The third-order valence-electron chi connectivity index (χ3n) is 6.13. The third kappa shape index (κ3) is 4.77. The zero-order valence-corrected chi connectivity index (χ0v) is 19.2. The first kappa shape index (κ1) is 22.9. The maximum absolute atomic E-state index is 12.9. The van der Waals surface area contributed by atoms with Gasteiger partial charge < -0.3 is 19.7 Å². The van der Waals surface area contributed by atoms with Crippen LogP contribution in [0.2, 0.25) is 0 Å². The van der Waals surface area contributed by atoms with Crippen molar-refractivity contribution in [1.29, 1.82) is 0 Å². The highest BCUT2D eigenvalue weighted by Gasteiger charge is 2.43. The van der Waals surface area contributed by atoms with E-state index in [0.29, 0.717) is 24.5 Å². The lowest BCUT2D eigenvalue weighted by atomic mass is 9.82. The highest BCUT2D eigenvalue weighted by molar-refractivity contribution is 7.15. The number of thiophene rings is 1. The van der Waals surface area contributed by atoms with E-state index >= 15 is 0 Å². The highest BCUT2D eigenvalue weighted by atomic mass is 32.1. The Balaban J connectivity index is 0.000000821. The summed E-state index contributed by atoms with van der Waals surface area (Å²) in [6, 6.07) is 15.7. The average Bonchev–Trinajstić information content (AvgIpc) is 3.26. The lowest BCUT2D eigenvalue weighted by Gasteiger charge is -2.44. The Morgan fingerprint density at radius 3 is 2.55 bits per heavy atom. The van der Waals surface area contributed by atoms with Crippen molar-refractivity contribution < 1.29 is 19.4 Å². The van der Waals surface area contributed by atoms with Crippen LogP contribution in [0.5, 0.6) is 0 Å². The zero-order valence-electron chi connectivity index (χ0n) is 18.4. The second kappa shape index (κ2) is 9.72. The summed E-state index contributed by atoms with van der Waals surface area (Å²) in [7, 11) is 0. The maximum Gasteiger partial charge on any atom is 0.290 e. The molecule has 1 aromatic carbocycles. The molecule has 172 valence electrons. The van der Waals surface area contributed by atoms with Crippen LogP contribution >= 0.6 is 11.3 Å². The summed E-state index contributed by atoms with van der Waals surface area (Å²) < 4.78 is 6.36. The van der Waals surface area contributed by atoms with E-state index in [-0.39, 0.29) is 23.4 Å². The molecule has 4 heterocycles. The molecular weight excluding hydrogens is 440 g/mol. The number of aryl methyl sites for hydroxylation is 1. The maximum atomic E-state index is 12.9. The van der Waals surface area contributed by atoms with E-state index in [9.17, 15) is 9.59 Å². The smallest absolute Gasteiger partial charge is 0.290 e. The Kier molecular flexibility index (Phi) is 6.76. The molecule has 2 aliphatic heterocycles. The van der Waals surface area contributed by atoms with Gasteiger partial charge in [-0.2, -0.15) is 0 Å². The van der Waals surface area contributed by atoms with E-state index < -0.39 is 0 Å². The fraction of sp³-hybridized carbons (Fsp3) is 0.320. The lowest BCUT2D eigenvalue weighted by molar-refractivity contribution is -0.122. The molecule has 0 bridgehead atoms. The fourth-order valence-corrected chi connectivity index (χ4v) is 5.85. The number of carbonyl (C=O) groups excluding carboxylic acids is 1. The average molecular weight is 467 g/mol. The number of ether oxygens (including phenoxy) is 1. The van der Waals surface area contributed by atoms with Crippen LogP contribution < -0.4 is 5.43 Å². The summed E-state index contributed by atoms with van der Waals surface area (Å²) >= 11 is 1.86. The number of amides is 1. The van der Waals surface area contributed by atoms with Crippen molar-refractivity contribution in [3.05, 3.63) is 80.6 Å². The number of rotatable bonds is 2. The van der Waals surface area contributed by atoms with Crippen molar-refractivity contribution in [2.45, 2.75) is 31.8 Å². The van der Waals surface area contributed by atoms with Crippen molar-refractivity contribution in [1.82, 2.24) is 9.88 Å². The van der Waals surface area contributed by atoms with Crippen LogP contribution in [0.3, 0.4) is 0 Å². The fourth-order valence-electron chi connectivity index (χ4n) is 4.61. The summed E-state index contributed by atoms with van der Waals surface area (Å²) in [5, 5.41) is 6.89. The van der Waals surface area contributed by atoms with Crippen LogP contribution in [0.25, 0.3) is 10.4 Å². The number of hydrogen-bond acceptors (Lipinski definition) is 5. The first-order chi connectivity index (χ1) is 16.0. The molecule has 2 aliphatic rings. The van der Waals surface area contributed by atoms with Gasteiger partial charge in [0.05, 0.1) is 12.2 Å². The van der Waals surface area contributed by atoms with Crippen molar-refractivity contribution in [2.75, 3.05) is 19.7 Å². The Hall–Kier alpha value is -3.23. The molecule has 0 saturated carbocycles. The monoisotopic (exact) mass is 466 g/mol. The van der Waals surface area contributed by atoms with E-state index in [4.69, 9.17) is 14.6 Å². The second-order valence-corrected chi connectivity index (χ2v) is 9.35. The third-order valence-corrected chi connectivity index (χ3v) is 7.38. The van der Waals surface area contributed by atoms with Gasteiger partial charge in [-0.05, 0) is 37.0 Å². The molecule has 7 nitrogen and oxygen atoms in total. The van der Waals surface area contributed by atoms with E-state index in [1.165, 1.54) is 33.0 Å². The summed E-state index contributed by atoms with van der Waals surface area (Å²) in [5.74, 6) is -0.114. The predicted octanol–water partition coefficient (Wildman–Crippen LogP) is 3.82. The van der Waals surface area contributed by atoms with Gasteiger partial charge in [0, 0.05) is 47.1 Å². The molecule has 1 saturated heterocycles. The summed E-state index contributed by atoms with van der Waals surface area (Å²) in [4.78, 5) is 40.6. The molecule has 0 radical (unpaired) electrons. The number of aromatic amines is 1. The molecule has 1 amide bonds. The quantitative estimate of drug-likeness (QED) is 0.560. The Morgan fingerprint density at radius 2 is 1.88 bits per heavy atom. The van der Waals surface area contributed by atoms with Gasteiger partial charge in [-0.3, -0.25) is 14.4 Å². The molecule has 1 fully saturated rings. The number of aromatic nitrogens is 1. The number of nitrogens with one attached hydrogen (secondary N) is 1. The van der Waals surface area contributed by atoms with Crippen molar-refractivity contribution >= 4 is 23.7 Å². The minimum absolute atomic E-state index is 0.114. The van der Waals surface area contributed by atoms with Crippen LogP contribution in [0.15, 0.2) is 53.3 Å². The highest BCUT2D eigenvalue weighted by Crippen LogP contribution is 2.46. The zero-order chi connectivity index (χ0) is 23.4. The number of H-pyrrole nitrogens is 1. The number of carboxylic acid groups (broad SMARTS) is 1. The number of likely N-dealkylation sites (tertiary alicyclic amines) is 1. The molecule has 0 aliphatic carbocycles. The number of fused-ring (bicyclic) bond motifs is 2. The van der Waals surface area contributed by atoms with Crippen LogP contribution in [0, 0.1) is 6.92 Å². The molecule has 0 unspecified atom stereocenters. The first-order valence-electron chi connectivity index (χ1n) is 10.9. The van der Waals surface area contributed by atoms with E-state index in [1.54, 1.807) is 6.92 Å². The topological polar surface area (TPSA) is 99.7 Å². The van der Waals surface area contributed by atoms with Gasteiger partial charge in [0.1, 0.15) is 5.69 Å². The molecule has 0 atom stereocenters. The van der Waals surface area contributed by atoms with Gasteiger partial charge in [-0.1, -0.05) is 30.3 Å². The van der Waals surface area contributed by atoms with Gasteiger partial charge in [-0.15, -0.1) is 11.3 Å². The van der Waals surface area contributed by atoms with Gasteiger partial charge in [0.2, 0.25) is 0 Å². The van der Waals surface area contributed by atoms with Crippen LogP contribution in [0.1, 0.15) is 39.5 Å². The van der Waals surface area contributed by atoms with E-state index in [1.807, 2.05) is 22.3 Å². The molecule has 2 aromatic heterocycles. The van der Waals surface area contributed by atoms with E-state index in [2.05, 4.69) is 35.3 Å². The molecular formula is C25H26N2O5S. The molecule has 1 spiro atoms. The number of benzene rings is 1. The molecule has 8 heteroatoms. The Labute approximate surface area is 195 Å². The second-order valence-electron chi connectivity index (χ2n) is 8.22. The van der Waals surface area contributed by atoms with E-state index in [0.717, 1.165) is 25.9 Å². The SMILES string of the molecule is Cc1cc(=O)cc(C(=O)N2CCC3(CC2)OCCc2sc(-c4ccccc4)cc23)[nH]1.O=CO. The van der Waals surface area contributed by atoms with Crippen molar-refractivity contribution in [3.63, 3.8) is 0 Å². The summed E-state index contributed by atoms with van der Waals surface area (Å²) in [6.07, 6.45) is 2.49. The van der Waals surface area contributed by atoms with Crippen molar-refractivity contribution in [3.8, 4) is 10.4 Å². The minimum Gasteiger partial charge on any atom is -0.483 e. The van der Waals surface area contributed by atoms with Gasteiger partial charge in [0.25, 0.3) is 12.4 Å². The van der Waals surface area contributed by atoms with Crippen LogP contribution in [-0.2, 0) is 21.6 Å². The van der Waals surface area contributed by atoms with Crippen LogP contribution in [0.4, 0.5) is 0 Å². The van der Waals surface area contributed by atoms with Gasteiger partial charge in [-0.25, -0.2) is 0 Å². The molecule has 3 aromatic rings. The summed E-state index contributed by atoms with van der Waals surface area (Å²) in [5.41, 5.74) is 3.15. The Bertz CT molecular complexity index is 1190. The molecule has 33 heavy (non-hydrogen) atoms. The summed E-state index contributed by atoms with van der Waals surface area (Å²) in [6.45, 7) is 3.50. The van der Waals surface area contributed by atoms with Crippen LogP contribution in [-0.4, -0.2) is 47.1 Å². The number of piperidine rings is 1. The van der Waals surface area contributed by atoms with Gasteiger partial charge in [0.15, 0.2) is 5.43 Å². The predicted molar refractivity (Wildman–Crippen MR) is 127 cm³/mol. The molecule has 2 N–H and O–H groups in total. The molecule has 5 rings (SSSR count). The van der Waals surface area contributed by atoms with Crippen molar-refractivity contribution in [2.24, 2.45) is 0 Å². The Morgan fingerprint density at radius 1 is 1.18 bits per heavy atom. The lowest BCUT2D eigenvalue weighted by Crippen LogP contribution is -2.48. The normalized spacial score (nSPS) is 16.5.